The van der Waals surface area contributed by atoms with Crippen molar-refractivity contribution in [3.05, 3.63) is 204 Å². The lowest BCUT2D eigenvalue weighted by Gasteiger charge is -2.41. The summed E-state index contributed by atoms with van der Waals surface area (Å²) in [4.78, 5) is 2.36. The standard InChI is InChI=1S/C46H35NO/c1-45(2)41-24-14-12-22-37(41)39-28-26-35(30-43(39)45)47(34-20-10-5-11-21-34)36-27-29-40-38-23-13-15-25-42(38)46(48-44(40)31-36,32-16-6-3-7-17-32)33-18-8-4-9-19-33/h3-31H,1-2H3. The number of benzene rings is 7. The molecular formula is C46H35NO. The lowest BCUT2D eigenvalue weighted by molar-refractivity contribution is 0.152. The van der Waals surface area contributed by atoms with E-state index in [-0.39, 0.29) is 5.41 Å². The van der Waals surface area contributed by atoms with E-state index in [1.165, 1.54) is 27.8 Å². The number of ether oxygens (including phenoxy) is 1. The van der Waals surface area contributed by atoms with Gasteiger partial charge >= 0.3 is 0 Å². The molecule has 0 aromatic heterocycles. The van der Waals surface area contributed by atoms with E-state index >= 15 is 0 Å². The first-order valence-corrected chi connectivity index (χ1v) is 16.7. The Hall–Kier alpha value is -5.86. The zero-order valence-corrected chi connectivity index (χ0v) is 27.1. The summed E-state index contributed by atoms with van der Waals surface area (Å²) in [6.45, 7) is 4.68. The van der Waals surface area contributed by atoms with Gasteiger partial charge in [0, 0.05) is 50.8 Å². The largest absolute Gasteiger partial charge is 0.472 e. The number of fused-ring (bicyclic) bond motifs is 6. The van der Waals surface area contributed by atoms with E-state index in [2.05, 4.69) is 195 Å². The van der Waals surface area contributed by atoms with Crippen LogP contribution in [0.5, 0.6) is 5.75 Å². The average molecular weight is 618 g/mol. The van der Waals surface area contributed by atoms with E-state index in [4.69, 9.17) is 4.74 Å². The molecule has 1 aliphatic carbocycles. The monoisotopic (exact) mass is 617 g/mol. The lowest BCUT2D eigenvalue weighted by atomic mass is 9.75. The fourth-order valence-corrected chi connectivity index (χ4v) is 8.00. The van der Waals surface area contributed by atoms with Crippen LogP contribution in [-0.4, -0.2) is 0 Å². The molecule has 0 radical (unpaired) electrons. The average Bonchev–Trinajstić information content (AvgIpc) is 3.38. The maximum atomic E-state index is 7.40. The highest BCUT2D eigenvalue weighted by Crippen LogP contribution is 2.54. The minimum atomic E-state index is -0.814. The van der Waals surface area contributed by atoms with Crippen LogP contribution in [0.3, 0.4) is 0 Å². The third kappa shape index (κ3) is 4.19. The van der Waals surface area contributed by atoms with Crippen molar-refractivity contribution in [1.82, 2.24) is 0 Å². The first kappa shape index (κ1) is 28.4. The Kier molecular flexibility index (Phi) is 6.42. The zero-order chi connectivity index (χ0) is 32.3. The molecule has 0 unspecified atom stereocenters. The van der Waals surface area contributed by atoms with Crippen LogP contribution in [0.25, 0.3) is 22.3 Å². The van der Waals surface area contributed by atoms with E-state index in [9.17, 15) is 0 Å². The van der Waals surface area contributed by atoms with Crippen LogP contribution < -0.4 is 9.64 Å². The molecule has 0 amide bonds. The van der Waals surface area contributed by atoms with Crippen molar-refractivity contribution in [2.75, 3.05) is 4.90 Å². The van der Waals surface area contributed by atoms with Gasteiger partial charge in [-0.05, 0) is 64.2 Å². The fourth-order valence-electron chi connectivity index (χ4n) is 8.00. The maximum absolute atomic E-state index is 7.40. The zero-order valence-electron chi connectivity index (χ0n) is 27.1. The van der Waals surface area contributed by atoms with Gasteiger partial charge in [0.1, 0.15) is 5.75 Å². The normalized spacial score (nSPS) is 14.5. The number of para-hydroxylation sites is 1. The molecule has 48 heavy (non-hydrogen) atoms. The molecule has 7 aromatic rings. The van der Waals surface area contributed by atoms with Gasteiger partial charge in [-0.25, -0.2) is 0 Å². The van der Waals surface area contributed by atoms with Crippen LogP contribution >= 0.6 is 0 Å². The van der Waals surface area contributed by atoms with Crippen molar-refractivity contribution in [3.63, 3.8) is 0 Å². The molecule has 0 saturated heterocycles. The maximum Gasteiger partial charge on any atom is 0.185 e. The third-order valence-electron chi connectivity index (χ3n) is 10.3. The van der Waals surface area contributed by atoms with Crippen LogP contribution in [0.15, 0.2) is 176 Å². The summed E-state index contributed by atoms with van der Waals surface area (Å²) in [7, 11) is 0. The smallest absolute Gasteiger partial charge is 0.185 e. The highest BCUT2D eigenvalue weighted by atomic mass is 16.5. The van der Waals surface area contributed by atoms with Gasteiger partial charge in [-0.2, -0.15) is 0 Å². The van der Waals surface area contributed by atoms with Crippen LogP contribution in [0.1, 0.15) is 41.7 Å². The molecule has 0 spiro atoms. The number of hydrogen-bond donors (Lipinski definition) is 0. The van der Waals surface area contributed by atoms with Gasteiger partial charge in [0.15, 0.2) is 5.60 Å². The first-order valence-electron chi connectivity index (χ1n) is 16.7. The van der Waals surface area contributed by atoms with Gasteiger partial charge < -0.3 is 9.64 Å². The molecule has 0 N–H and O–H groups in total. The number of rotatable bonds is 5. The summed E-state index contributed by atoms with van der Waals surface area (Å²) < 4.78 is 7.40. The summed E-state index contributed by atoms with van der Waals surface area (Å²) >= 11 is 0. The fraction of sp³-hybridized carbons (Fsp3) is 0.0870. The van der Waals surface area contributed by atoms with Crippen molar-refractivity contribution in [1.29, 1.82) is 0 Å². The first-order chi connectivity index (χ1) is 23.6. The minimum absolute atomic E-state index is 0.0993. The van der Waals surface area contributed by atoms with Crippen molar-refractivity contribution in [2.24, 2.45) is 0 Å². The summed E-state index contributed by atoms with van der Waals surface area (Å²) in [5, 5.41) is 0. The molecular weight excluding hydrogens is 583 g/mol. The highest BCUT2D eigenvalue weighted by Gasteiger charge is 2.44. The summed E-state index contributed by atoms with van der Waals surface area (Å²) in [6.07, 6.45) is 0. The Morgan fingerprint density at radius 2 is 0.875 bits per heavy atom. The predicted molar refractivity (Wildman–Crippen MR) is 198 cm³/mol. The minimum Gasteiger partial charge on any atom is -0.472 e. The molecule has 0 saturated carbocycles. The van der Waals surface area contributed by atoms with Crippen LogP contribution in [0.4, 0.5) is 17.1 Å². The van der Waals surface area contributed by atoms with Gasteiger partial charge in [0.25, 0.3) is 0 Å². The van der Waals surface area contributed by atoms with E-state index in [0.29, 0.717) is 0 Å². The molecule has 230 valence electrons. The Bertz CT molecular complexity index is 2250. The van der Waals surface area contributed by atoms with Gasteiger partial charge in [0.05, 0.1) is 0 Å². The second-order valence-electron chi connectivity index (χ2n) is 13.3. The molecule has 2 aliphatic rings. The van der Waals surface area contributed by atoms with Crippen molar-refractivity contribution < 1.29 is 4.74 Å². The predicted octanol–water partition coefficient (Wildman–Crippen LogP) is 11.8. The molecule has 0 bridgehead atoms. The van der Waals surface area contributed by atoms with Crippen LogP contribution in [-0.2, 0) is 11.0 Å². The molecule has 2 nitrogen and oxygen atoms in total. The van der Waals surface area contributed by atoms with Crippen molar-refractivity contribution in [2.45, 2.75) is 24.9 Å². The van der Waals surface area contributed by atoms with Gasteiger partial charge in [-0.3, -0.25) is 0 Å². The Morgan fingerprint density at radius 1 is 0.396 bits per heavy atom. The Balaban J connectivity index is 1.25. The molecule has 1 heterocycles. The molecule has 9 rings (SSSR count). The second kappa shape index (κ2) is 10.9. The quantitative estimate of drug-likeness (QED) is 0.191. The van der Waals surface area contributed by atoms with E-state index in [0.717, 1.165) is 45.1 Å². The van der Waals surface area contributed by atoms with E-state index in [1.54, 1.807) is 0 Å². The number of anilines is 3. The SMILES string of the molecule is CC1(C)c2ccccc2-c2ccc(N(c3ccccc3)c3ccc4c(c3)OC(c3ccccc3)(c3ccccc3)c3ccccc3-4)cc21. The number of nitrogens with zero attached hydrogens (tertiary/aromatic N) is 1. The lowest BCUT2D eigenvalue weighted by Crippen LogP contribution is -2.38. The molecule has 0 fully saturated rings. The van der Waals surface area contributed by atoms with Gasteiger partial charge in [-0.1, -0.05) is 147 Å². The molecule has 2 heteroatoms. The topological polar surface area (TPSA) is 12.5 Å². The van der Waals surface area contributed by atoms with Crippen LogP contribution in [0.2, 0.25) is 0 Å². The number of hydrogen-bond acceptors (Lipinski definition) is 2. The van der Waals surface area contributed by atoms with Gasteiger partial charge in [0.2, 0.25) is 0 Å². The summed E-state index contributed by atoms with van der Waals surface area (Å²) in [5.41, 5.74) is 13.3. The van der Waals surface area contributed by atoms with Crippen LogP contribution in [0, 0.1) is 0 Å². The summed E-state index contributed by atoms with van der Waals surface area (Å²) in [5.74, 6) is 0.855. The third-order valence-corrected chi connectivity index (χ3v) is 10.3. The molecule has 0 atom stereocenters. The highest BCUT2D eigenvalue weighted by molar-refractivity contribution is 5.87. The summed E-state index contributed by atoms with van der Waals surface area (Å²) in [6, 6.07) is 63.1. The Labute approximate surface area is 282 Å². The van der Waals surface area contributed by atoms with Crippen molar-refractivity contribution >= 4 is 17.1 Å². The molecule has 1 aliphatic heterocycles. The second-order valence-corrected chi connectivity index (χ2v) is 13.3. The Morgan fingerprint density at radius 3 is 1.52 bits per heavy atom. The molecule has 7 aromatic carbocycles. The van der Waals surface area contributed by atoms with E-state index < -0.39 is 5.60 Å². The van der Waals surface area contributed by atoms with E-state index in [1.807, 2.05) is 0 Å². The van der Waals surface area contributed by atoms with Crippen molar-refractivity contribution in [3.8, 4) is 28.0 Å². The van der Waals surface area contributed by atoms with Gasteiger partial charge in [-0.15, -0.1) is 0 Å².